The zero-order chi connectivity index (χ0) is 10.6. The van der Waals surface area contributed by atoms with Gasteiger partial charge in [0, 0.05) is 40.0 Å². The second kappa shape index (κ2) is 5.82. The summed E-state index contributed by atoms with van der Waals surface area (Å²) < 4.78 is 12.5. The maximum absolute atomic E-state index is 10.8. The van der Waals surface area contributed by atoms with Gasteiger partial charge in [0.25, 0.3) is 0 Å². The smallest absolute Gasteiger partial charge is 0.129 e. The molecule has 0 amide bonds. The second-order valence-corrected chi connectivity index (χ2v) is 5.92. The van der Waals surface area contributed by atoms with Crippen molar-refractivity contribution in [2.24, 2.45) is 0 Å². The van der Waals surface area contributed by atoms with E-state index in [1.54, 1.807) is 12.5 Å². The Bertz CT molecular complexity index is 346. The number of halogens is 2. The Morgan fingerprint density at radius 3 is 2.93 bits per heavy atom. The highest BCUT2D eigenvalue weighted by Gasteiger charge is 2.01. The van der Waals surface area contributed by atoms with Gasteiger partial charge in [-0.25, -0.2) is 4.98 Å². The van der Waals surface area contributed by atoms with Gasteiger partial charge in [0.05, 0.1) is 5.69 Å². The van der Waals surface area contributed by atoms with Crippen molar-refractivity contribution in [3.63, 3.8) is 0 Å². The molecule has 1 heterocycles. The molecule has 0 radical (unpaired) electrons. The lowest BCUT2D eigenvalue weighted by Crippen LogP contribution is -2.10. The van der Waals surface area contributed by atoms with Crippen LogP contribution in [-0.4, -0.2) is 27.7 Å². The van der Waals surface area contributed by atoms with Gasteiger partial charge >= 0.3 is 0 Å². The van der Waals surface area contributed by atoms with Crippen LogP contribution in [-0.2, 0) is 10.8 Å². The van der Waals surface area contributed by atoms with E-state index in [4.69, 9.17) is 0 Å². The van der Waals surface area contributed by atoms with E-state index in [1.165, 1.54) is 0 Å². The number of aromatic nitrogens is 1. The second-order valence-electron chi connectivity index (χ2n) is 2.70. The number of hydrogen-bond donors (Lipinski definition) is 1. The summed E-state index contributed by atoms with van der Waals surface area (Å²) >= 11 is 6.66. The molecule has 6 heteroatoms. The number of nitrogens with zero attached hydrogens (tertiary/aromatic N) is 1. The average Bonchev–Trinajstić information content (AvgIpc) is 2.10. The summed E-state index contributed by atoms with van der Waals surface area (Å²) in [7, 11) is -0.761. The van der Waals surface area contributed by atoms with Gasteiger partial charge in [-0.1, -0.05) is 0 Å². The summed E-state index contributed by atoms with van der Waals surface area (Å²) in [4.78, 5) is 4.11. The molecule has 78 valence electrons. The van der Waals surface area contributed by atoms with Crippen LogP contribution in [0.2, 0.25) is 0 Å². The van der Waals surface area contributed by atoms with Crippen molar-refractivity contribution in [2.75, 3.05) is 23.9 Å². The van der Waals surface area contributed by atoms with E-state index in [0.29, 0.717) is 12.3 Å². The van der Waals surface area contributed by atoms with E-state index in [9.17, 15) is 4.21 Å². The lowest BCUT2D eigenvalue weighted by atomic mass is 10.4. The predicted octanol–water partition coefficient (Wildman–Crippen LogP) is 2.40. The Labute approximate surface area is 102 Å². The maximum Gasteiger partial charge on any atom is 0.129 e. The van der Waals surface area contributed by atoms with Crippen molar-refractivity contribution in [3.8, 4) is 0 Å². The van der Waals surface area contributed by atoms with Crippen molar-refractivity contribution < 1.29 is 4.21 Å². The van der Waals surface area contributed by atoms with Crippen molar-refractivity contribution >= 4 is 48.3 Å². The first-order chi connectivity index (χ1) is 6.59. The largest absolute Gasteiger partial charge is 0.382 e. The van der Waals surface area contributed by atoms with E-state index in [1.807, 2.05) is 6.07 Å². The SMILES string of the molecule is CS(=O)CCNc1cc(Br)cnc1Br. The van der Waals surface area contributed by atoms with Gasteiger partial charge in [-0.05, 0) is 37.9 Å². The van der Waals surface area contributed by atoms with Crippen LogP contribution in [0, 0.1) is 0 Å². The molecular formula is C8H10Br2N2OS. The van der Waals surface area contributed by atoms with Gasteiger partial charge in [-0.3, -0.25) is 4.21 Å². The fourth-order valence-electron chi connectivity index (χ4n) is 0.876. The fourth-order valence-corrected chi connectivity index (χ4v) is 1.95. The predicted molar refractivity (Wildman–Crippen MR) is 67.1 cm³/mol. The van der Waals surface area contributed by atoms with Gasteiger partial charge < -0.3 is 5.32 Å². The Morgan fingerprint density at radius 1 is 1.57 bits per heavy atom. The first-order valence-corrected chi connectivity index (χ1v) is 7.26. The highest BCUT2D eigenvalue weighted by atomic mass is 79.9. The average molecular weight is 342 g/mol. The molecule has 1 atom stereocenters. The molecule has 1 unspecified atom stereocenters. The summed E-state index contributed by atoms with van der Waals surface area (Å²) in [5.41, 5.74) is 0.907. The molecule has 1 aromatic rings. The maximum atomic E-state index is 10.8. The molecule has 0 aromatic carbocycles. The van der Waals surface area contributed by atoms with Gasteiger partial charge in [0.2, 0.25) is 0 Å². The molecule has 1 N–H and O–H groups in total. The fraction of sp³-hybridized carbons (Fsp3) is 0.375. The minimum absolute atomic E-state index is 0.638. The third-order valence-electron chi connectivity index (χ3n) is 1.51. The summed E-state index contributed by atoms with van der Waals surface area (Å²) in [6.07, 6.45) is 3.41. The van der Waals surface area contributed by atoms with Crippen LogP contribution in [0.25, 0.3) is 0 Å². The topological polar surface area (TPSA) is 42.0 Å². The van der Waals surface area contributed by atoms with E-state index >= 15 is 0 Å². The summed E-state index contributed by atoms with van der Waals surface area (Å²) in [5, 5.41) is 3.15. The Kier molecular flexibility index (Phi) is 5.05. The van der Waals surface area contributed by atoms with Crippen LogP contribution in [0.15, 0.2) is 21.3 Å². The first-order valence-electron chi connectivity index (χ1n) is 3.94. The van der Waals surface area contributed by atoms with Crippen molar-refractivity contribution in [1.82, 2.24) is 4.98 Å². The molecule has 3 nitrogen and oxygen atoms in total. The summed E-state index contributed by atoms with van der Waals surface area (Å²) in [6, 6.07) is 1.93. The Morgan fingerprint density at radius 2 is 2.29 bits per heavy atom. The third kappa shape index (κ3) is 4.06. The van der Waals surface area contributed by atoms with Crippen LogP contribution in [0.5, 0.6) is 0 Å². The van der Waals surface area contributed by atoms with E-state index in [0.717, 1.165) is 14.8 Å². The Hall–Kier alpha value is 0.0600. The van der Waals surface area contributed by atoms with Crippen LogP contribution >= 0.6 is 31.9 Å². The number of anilines is 1. The minimum Gasteiger partial charge on any atom is -0.382 e. The van der Waals surface area contributed by atoms with Crippen molar-refractivity contribution in [2.45, 2.75) is 0 Å². The third-order valence-corrected chi connectivity index (χ3v) is 3.36. The molecule has 0 fully saturated rings. The lowest BCUT2D eigenvalue weighted by molar-refractivity contribution is 0.687. The summed E-state index contributed by atoms with van der Waals surface area (Å²) in [5.74, 6) is 0.638. The van der Waals surface area contributed by atoms with Crippen LogP contribution in [0.1, 0.15) is 0 Å². The van der Waals surface area contributed by atoms with Crippen LogP contribution in [0.3, 0.4) is 0 Å². The van der Waals surface area contributed by atoms with Crippen LogP contribution in [0.4, 0.5) is 5.69 Å². The van der Waals surface area contributed by atoms with Gasteiger partial charge in [0.15, 0.2) is 0 Å². The molecule has 0 saturated carbocycles. The number of hydrogen-bond acceptors (Lipinski definition) is 3. The monoisotopic (exact) mass is 340 g/mol. The molecule has 1 aromatic heterocycles. The lowest BCUT2D eigenvalue weighted by Gasteiger charge is -2.06. The zero-order valence-corrected chi connectivity index (χ0v) is 11.6. The molecule has 0 aliphatic carbocycles. The van der Waals surface area contributed by atoms with Crippen molar-refractivity contribution in [3.05, 3.63) is 21.3 Å². The quantitative estimate of drug-likeness (QED) is 0.855. The van der Waals surface area contributed by atoms with Gasteiger partial charge in [-0.15, -0.1) is 0 Å². The zero-order valence-electron chi connectivity index (χ0n) is 7.59. The standard InChI is InChI=1S/C8H10Br2N2OS/c1-14(13)3-2-11-7-4-6(9)5-12-8(7)10/h4-5,11H,2-3H2,1H3. The Balaban J connectivity index is 2.57. The van der Waals surface area contributed by atoms with E-state index in [2.05, 4.69) is 42.2 Å². The normalized spacial score (nSPS) is 12.5. The number of nitrogens with one attached hydrogen (secondary N) is 1. The molecular weight excluding hydrogens is 332 g/mol. The van der Waals surface area contributed by atoms with Gasteiger partial charge in [0.1, 0.15) is 4.60 Å². The highest BCUT2D eigenvalue weighted by Crippen LogP contribution is 2.22. The molecule has 14 heavy (non-hydrogen) atoms. The molecule has 1 rings (SSSR count). The van der Waals surface area contributed by atoms with Crippen LogP contribution < -0.4 is 5.32 Å². The van der Waals surface area contributed by atoms with Crippen molar-refractivity contribution in [1.29, 1.82) is 0 Å². The molecule has 0 saturated heterocycles. The van der Waals surface area contributed by atoms with Gasteiger partial charge in [-0.2, -0.15) is 0 Å². The number of pyridine rings is 1. The molecule has 0 aliphatic heterocycles. The molecule has 0 bridgehead atoms. The van der Waals surface area contributed by atoms with E-state index in [-0.39, 0.29) is 0 Å². The first kappa shape index (κ1) is 12.1. The molecule has 0 aliphatic rings. The molecule has 0 spiro atoms. The summed E-state index contributed by atoms with van der Waals surface area (Å²) in [6.45, 7) is 0.680. The minimum atomic E-state index is -0.761. The van der Waals surface area contributed by atoms with E-state index < -0.39 is 10.8 Å². The number of rotatable bonds is 4. The highest BCUT2D eigenvalue weighted by molar-refractivity contribution is 9.11.